The quantitative estimate of drug-likeness (QED) is 0.187. The third-order valence-corrected chi connectivity index (χ3v) is 9.99. The van der Waals surface area contributed by atoms with E-state index in [4.69, 9.17) is 0 Å². The summed E-state index contributed by atoms with van der Waals surface area (Å²) in [7, 11) is 0. The molecule has 0 aliphatic rings. The standard InChI is InChI=1S/C42H24N2/c1-2-10-26(11-3-1)43-36-16-8-7-15-31(36)35-24-25(18-23-38(35)43)27-19-20-32-28-12-4-5-13-29(28)33-21-22-34-30-14-6-9-17-37(30)44-41(27)39(32)40(33)42(34)44/h1-24H. The van der Waals surface area contributed by atoms with E-state index in [1.807, 2.05) is 0 Å². The van der Waals surface area contributed by atoms with Gasteiger partial charge in [0.2, 0.25) is 0 Å². The summed E-state index contributed by atoms with van der Waals surface area (Å²) in [6, 6.07) is 53.8. The van der Waals surface area contributed by atoms with Crippen LogP contribution in [0.15, 0.2) is 146 Å². The van der Waals surface area contributed by atoms with Gasteiger partial charge in [0.25, 0.3) is 0 Å². The van der Waals surface area contributed by atoms with Gasteiger partial charge in [0.1, 0.15) is 0 Å². The van der Waals surface area contributed by atoms with E-state index in [0.717, 1.165) is 0 Å². The Bertz CT molecular complexity index is 2920. The minimum absolute atomic E-state index is 1.18. The fourth-order valence-corrected chi connectivity index (χ4v) is 8.25. The van der Waals surface area contributed by atoms with Gasteiger partial charge < -0.3 is 8.97 Å². The van der Waals surface area contributed by atoms with Crippen LogP contribution in [0.5, 0.6) is 0 Å². The number of rotatable bonds is 2. The van der Waals surface area contributed by atoms with Gasteiger partial charge in [-0.1, -0.05) is 109 Å². The summed E-state index contributed by atoms with van der Waals surface area (Å²) in [5, 5.41) is 13.2. The molecule has 0 spiro atoms. The van der Waals surface area contributed by atoms with Crippen molar-refractivity contribution in [3.05, 3.63) is 146 Å². The molecule has 0 amide bonds. The molecule has 11 aromatic rings. The fourth-order valence-electron chi connectivity index (χ4n) is 8.25. The molecule has 202 valence electrons. The summed E-state index contributed by atoms with van der Waals surface area (Å²) in [5.41, 5.74) is 10.1. The Morgan fingerprint density at radius 3 is 1.68 bits per heavy atom. The first-order valence-electron chi connectivity index (χ1n) is 15.3. The van der Waals surface area contributed by atoms with Gasteiger partial charge in [-0.05, 0) is 63.5 Å². The van der Waals surface area contributed by atoms with Crippen molar-refractivity contribution in [1.29, 1.82) is 0 Å². The van der Waals surface area contributed by atoms with Crippen molar-refractivity contribution in [2.75, 3.05) is 0 Å². The predicted molar refractivity (Wildman–Crippen MR) is 187 cm³/mol. The molecule has 0 aliphatic carbocycles. The largest absolute Gasteiger partial charge is 0.309 e. The summed E-state index contributed by atoms with van der Waals surface area (Å²) in [5.74, 6) is 0. The van der Waals surface area contributed by atoms with E-state index in [1.165, 1.54) is 98.3 Å². The van der Waals surface area contributed by atoms with E-state index in [9.17, 15) is 0 Å². The topological polar surface area (TPSA) is 9.34 Å². The summed E-state index contributed by atoms with van der Waals surface area (Å²) in [4.78, 5) is 0. The van der Waals surface area contributed by atoms with E-state index in [-0.39, 0.29) is 0 Å². The highest BCUT2D eigenvalue weighted by atomic mass is 15.0. The zero-order valence-electron chi connectivity index (χ0n) is 23.8. The van der Waals surface area contributed by atoms with Gasteiger partial charge in [-0.3, -0.25) is 0 Å². The Hall–Kier alpha value is -5.86. The first kappa shape index (κ1) is 22.7. The van der Waals surface area contributed by atoms with E-state index >= 15 is 0 Å². The lowest BCUT2D eigenvalue weighted by atomic mass is 9.91. The van der Waals surface area contributed by atoms with Gasteiger partial charge in [-0.2, -0.15) is 0 Å². The molecule has 0 atom stereocenters. The number of benzene rings is 8. The first-order valence-corrected chi connectivity index (χ1v) is 15.3. The molecular weight excluding hydrogens is 532 g/mol. The van der Waals surface area contributed by atoms with E-state index in [1.54, 1.807) is 0 Å². The Morgan fingerprint density at radius 1 is 0.341 bits per heavy atom. The van der Waals surface area contributed by atoms with Gasteiger partial charge in [0.15, 0.2) is 0 Å². The molecule has 0 saturated carbocycles. The Labute approximate surface area is 252 Å². The van der Waals surface area contributed by atoms with Gasteiger partial charge in [-0.15, -0.1) is 0 Å². The number of nitrogens with zero attached hydrogens (tertiary/aromatic N) is 2. The summed E-state index contributed by atoms with van der Waals surface area (Å²) < 4.78 is 4.95. The summed E-state index contributed by atoms with van der Waals surface area (Å²) in [6.07, 6.45) is 0. The lowest BCUT2D eigenvalue weighted by Crippen LogP contribution is -1.93. The molecule has 0 radical (unpaired) electrons. The maximum Gasteiger partial charge on any atom is 0.0627 e. The van der Waals surface area contributed by atoms with E-state index < -0.39 is 0 Å². The molecule has 44 heavy (non-hydrogen) atoms. The molecule has 3 heterocycles. The summed E-state index contributed by atoms with van der Waals surface area (Å²) in [6.45, 7) is 0. The van der Waals surface area contributed by atoms with Crippen LogP contribution >= 0.6 is 0 Å². The molecule has 0 unspecified atom stereocenters. The molecule has 2 heteroatoms. The van der Waals surface area contributed by atoms with Crippen molar-refractivity contribution < 1.29 is 0 Å². The Kier molecular flexibility index (Phi) is 4.10. The molecule has 0 N–H and O–H groups in total. The van der Waals surface area contributed by atoms with Crippen LogP contribution in [0.1, 0.15) is 0 Å². The fraction of sp³-hybridized carbons (Fsp3) is 0. The average molecular weight is 557 g/mol. The van der Waals surface area contributed by atoms with Crippen LogP contribution in [0.4, 0.5) is 0 Å². The highest BCUT2D eigenvalue weighted by Gasteiger charge is 2.25. The molecular formula is C42H24N2. The third kappa shape index (κ3) is 2.63. The normalized spacial score (nSPS) is 12.5. The molecule has 0 bridgehead atoms. The number of hydrogen-bond acceptors (Lipinski definition) is 0. The SMILES string of the molecule is c1ccc(-n2c3ccccc3c3cc(-c4ccc5c6ccccc6c6ccc7c8ccccc8n8c4c5c6c78)ccc32)cc1. The van der Waals surface area contributed by atoms with Crippen LogP contribution < -0.4 is 0 Å². The lowest BCUT2D eigenvalue weighted by Gasteiger charge is -2.12. The highest BCUT2D eigenvalue weighted by molar-refractivity contribution is 6.39. The number of hydrogen-bond donors (Lipinski definition) is 0. The Balaban J connectivity index is 1.33. The predicted octanol–water partition coefficient (Wildman–Crippen LogP) is 11.3. The number of para-hydroxylation sites is 3. The second-order valence-electron chi connectivity index (χ2n) is 12.1. The van der Waals surface area contributed by atoms with Gasteiger partial charge in [0.05, 0.1) is 27.6 Å². The number of aromatic nitrogens is 2. The van der Waals surface area contributed by atoms with Gasteiger partial charge in [-0.25, -0.2) is 0 Å². The van der Waals surface area contributed by atoms with Crippen molar-refractivity contribution in [1.82, 2.24) is 8.97 Å². The van der Waals surface area contributed by atoms with E-state index in [2.05, 4.69) is 155 Å². The van der Waals surface area contributed by atoms with Crippen molar-refractivity contribution >= 4 is 81.4 Å². The second kappa shape index (κ2) is 7.94. The average Bonchev–Trinajstić information content (AvgIpc) is 3.74. The molecule has 0 fully saturated rings. The molecule has 0 saturated heterocycles. The molecule has 3 aromatic heterocycles. The van der Waals surface area contributed by atoms with Crippen molar-refractivity contribution in [3.8, 4) is 16.8 Å². The first-order chi connectivity index (χ1) is 21.9. The zero-order chi connectivity index (χ0) is 28.5. The third-order valence-electron chi connectivity index (χ3n) is 9.99. The van der Waals surface area contributed by atoms with Gasteiger partial charge >= 0.3 is 0 Å². The summed E-state index contributed by atoms with van der Waals surface area (Å²) >= 11 is 0. The maximum atomic E-state index is 2.56. The van der Waals surface area contributed by atoms with Crippen LogP contribution in [-0.2, 0) is 0 Å². The van der Waals surface area contributed by atoms with Gasteiger partial charge in [0, 0.05) is 43.6 Å². The smallest absolute Gasteiger partial charge is 0.0627 e. The van der Waals surface area contributed by atoms with Crippen molar-refractivity contribution in [2.45, 2.75) is 0 Å². The zero-order valence-corrected chi connectivity index (χ0v) is 23.8. The second-order valence-corrected chi connectivity index (χ2v) is 12.1. The Morgan fingerprint density at radius 2 is 0.909 bits per heavy atom. The number of fused-ring (bicyclic) bond motifs is 10. The molecule has 0 aliphatic heterocycles. The monoisotopic (exact) mass is 556 g/mol. The maximum absolute atomic E-state index is 2.56. The minimum Gasteiger partial charge on any atom is -0.309 e. The van der Waals surface area contributed by atoms with Crippen LogP contribution in [0.25, 0.3) is 98.3 Å². The van der Waals surface area contributed by atoms with Crippen LogP contribution in [0.3, 0.4) is 0 Å². The van der Waals surface area contributed by atoms with Crippen molar-refractivity contribution in [3.63, 3.8) is 0 Å². The lowest BCUT2D eigenvalue weighted by molar-refractivity contribution is 1.18. The van der Waals surface area contributed by atoms with Crippen molar-refractivity contribution in [2.24, 2.45) is 0 Å². The van der Waals surface area contributed by atoms with Crippen LogP contribution in [0, 0.1) is 0 Å². The van der Waals surface area contributed by atoms with Crippen LogP contribution in [0.2, 0.25) is 0 Å². The molecule has 2 nitrogen and oxygen atoms in total. The minimum atomic E-state index is 1.18. The van der Waals surface area contributed by atoms with Crippen LogP contribution in [-0.4, -0.2) is 8.97 Å². The molecule has 8 aromatic carbocycles. The van der Waals surface area contributed by atoms with E-state index in [0.29, 0.717) is 0 Å². The highest BCUT2D eigenvalue weighted by Crippen LogP contribution is 2.49. The molecule has 11 rings (SSSR count).